The largest absolute Gasteiger partial charge is 0.264 e. The van der Waals surface area contributed by atoms with Crippen molar-refractivity contribution in [2.45, 2.75) is 33.1 Å². The third-order valence-corrected chi connectivity index (χ3v) is 2.47. The van der Waals surface area contributed by atoms with Crippen LogP contribution in [0.2, 0.25) is 0 Å². The minimum Gasteiger partial charge on any atom is -0.264 e. The van der Waals surface area contributed by atoms with E-state index in [9.17, 15) is 0 Å². The van der Waals surface area contributed by atoms with Gasteiger partial charge in [0.05, 0.1) is 0 Å². The van der Waals surface area contributed by atoms with Gasteiger partial charge in [-0.15, -0.1) is 5.92 Å². The molecule has 0 amide bonds. The molecule has 0 aliphatic rings. The van der Waals surface area contributed by atoms with Gasteiger partial charge in [-0.3, -0.25) is 4.98 Å². The summed E-state index contributed by atoms with van der Waals surface area (Å²) in [4.78, 5) is 4.12. The van der Waals surface area contributed by atoms with Crippen molar-refractivity contribution in [3.05, 3.63) is 30.1 Å². The molecule has 1 heteroatoms. The molecule has 1 heterocycles. The Morgan fingerprint density at radius 1 is 1.43 bits per heavy atom. The molecule has 0 radical (unpaired) electrons. The average molecular weight is 187 g/mol. The SMILES string of the molecule is CCC#CC(C)C(C)c1cccnc1. The van der Waals surface area contributed by atoms with Gasteiger partial charge in [-0.25, -0.2) is 0 Å². The Kier molecular flexibility index (Phi) is 4.19. The highest BCUT2D eigenvalue weighted by Gasteiger charge is 2.11. The molecule has 1 nitrogen and oxygen atoms in total. The molecule has 1 aromatic rings. The van der Waals surface area contributed by atoms with Crippen molar-refractivity contribution in [2.24, 2.45) is 5.92 Å². The third kappa shape index (κ3) is 2.88. The molecule has 2 atom stereocenters. The summed E-state index contributed by atoms with van der Waals surface area (Å²) in [5, 5.41) is 0. The summed E-state index contributed by atoms with van der Waals surface area (Å²) in [6.45, 7) is 6.45. The van der Waals surface area contributed by atoms with Crippen LogP contribution in [0.5, 0.6) is 0 Å². The molecule has 0 aliphatic heterocycles. The van der Waals surface area contributed by atoms with Crippen LogP contribution in [-0.4, -0.2) is 4.98 Å². The van der Waals surface area contributed by atoms with Gasteiger partial charge in [0.1, 0.15) is 0 Å². The number of nitrogens with zero attached hydrogens (tertiary/aromatic N) is 1. The summed E-state index contributed by atoms with van der Waals surface area (Å²) in [7, 11) is 0. The molecular weight excluding hydrogens is 170 g/mol. The molecule has 0 spiro atoms. The molecule has 1 rings (SSSR count). The molecule has 0 bridgehead atoms. The zero-order valence-corrected chi connectivity index (χ0v) is 9.12. The van der Waals surface area contributed by atoms with E-state index in [1.165, 1.54) is 5.56 Å². The van der Waals surface area contributed by atoms with E-state index in [1.807, 2.05) is 12.3 Å². The van der Waals surface area contributed by atoms with Gasteiger partial charge in [0.15, 0.2) is 0 Å². The van der Waals surface area contributed by atoms with E-state index in [0.29, 0.717) is 11.8 Å². The predicted molar refractivity (Wildman–Crippen MR) is 59.9 cm³/mol. The second-order valence-corrected chi connectivity index (χ2v) is 3.54. The summed E-state index contributed by atoms with van der Waals surface area (Å²) in [6, 6.07) is 4.09. The minimum atomic E-state index is 0.402. The first kappa shape index (κ1) is 10.8. The van der Waals surface area contributed by atoms with Gasteiger partial charge in [0.2, 0.25) is 0 Å². The summed E-state index contributed by atoms with van der Waals surface area (Å²) in [5.41, 5.74) is 1.27. The fourth-order valence-electron chi connectivity index (χ4n) is 1.32. The van der Waals surface area contributed by atoms with Crippen molar-refractivity contribution in [2.75, 3.05) is 0 Å². The molecule has 0 saturated heterocycles. The van der Waals surface area contributed by atoms with E-state index in [4.69, 9.17) is 0 Å². The second-order valence-electron chi connectivity index (χ2n) is 3.54. The van der Waals surface area contributed by atoms with E-state index >= 15 is 0 Å². The normalized spacial score (nSPS) is 13.9. The lowest BCUT2D eigenvalue weighted by Crippen LogP contribution is -2.04. The van der Waals surface area contributed by atoms with Crippen molar-refractivity contribution in [1.29, 1.82) is 0 Å². The standard InChI is InChI=1S/C13H17N/c1-4-5-7-11(2)12(3)13-8-6-9-14-10-13/h6,8-12H,4H2,1-3H3. The van der Waals surface area contributed by atoms with Crippen LogP contribution in [0, 0.1) is 17.8 Å². The van der Waals surface area contributed by atoms with Crippen LogP contribution in [0.4, 0.5) is 0 Å². The van der Waals surface area contributed by atoms with E-state index in [-0.39, 0.29) is 0 Å². The maximum atomic E-state index is 4.12. The van der Waals surface area contributed by atoms with E-state index in [2.05, 4.69) is 43.7 Å². The van der Waals surface area contributed by atoms with E-state index in [1.54, 1.807) is 6.20 Å². The van der Waals surface area contributed by atoms with Crippen LogP contribution in [0.25, 0.3) is 0 Å². The van der Waals surface area contributed by atoms with Gasteiger partial charge in [-0.2, -0.15) is 0 Å². The lowest BCUT2D eigenvalue weighted by molar-refractivity contribution is 0.607. The fraction of sp³-hybridized carbons (Fsp3) is 0.462. The Morgan fingerprint density at radius 2 is 2.21 bits per heavy atom. The maximum Gasteiger partial charge on any atom is 0.0303 e. The minimum absolute atomic E-state index is 0.402. The Labute approximate surface area is 86.6 Å². The zero-order valence-electron chi connectivity index (χ0n) is 9.12. The van der Waals surface area contributed by atoms with Crippen LogP contribution in [-0.2, 0) is 0 Å². The summed E-state index contributed by atoms with van der Waals surface area (Å²) < 4.78 is 0. The van der Waals surface area contributed by atoms with Crippen molar-refractivity contribution in [3.63, 3.8) is 0 Å². The number of rotatable bonds is 2. The first-order chi connectivity index (χ1) is 6.75. The average Bonchev–Trinajstić information content (AvgIpc) is 2.26. The lowest BCUT2D eigenvalue weighted by Gasteiger charge is -2.14. The van der Waals surface area contributed by atoms with Gasteiger partial charge in [0, 0.05) is 24.7 Å². The van der Waals surface area contributed by atoms with Gasteiger partial charge < -0.3 is 0 Å². The quantitative estimate of drug-likeness (QED) is 0.648. The fourth-order valence-corrected chi connectivity index (χ4v) is 1.32. The van der Waals surface area contributed by atoms with Crippen molar-refractivity contribution < 1.29 is 0 Å². The smallest absolute Gasteiger partial charge is 0.0303 e. The molecule has 1 aromatic heterocycles. The van der Waals surface area contributed by atoms with Gasteiger partial charge in [0.25, 0.3) is 0 Å². The van der Waals surface area contributed by atoms with Crippen LogP contribution in [0.3, 0.4) is 0 Å². The Hall–Kier alpha value is -1.29. The summed E-state index contributed by atoms with van der Waals surface area (Å²) >= 11 is 0. The molecule has 0 N–H and O–H groups in total. The van der Waals surface area contributed by atoms with Crippen molar-refractivity contribution in [3.8, 4) is 11.8 Å². The molecule has 0 aromatic carbocycles. The van der Waals surface area contributed by atoms with Crippen LogP contribution >= 0.6 is 0 Å². The number of hydrogen-bond acceptors (Lipinski definition) is 1. The molecule has 74 valence electrons. The molecule has 0 saturated carbocycles. The monoisotopic (exact) mass is 187 g/mol. The van der Waals surface area contributed by atoms with E-state index < -0.39 is 0 Å². The second kappa shape index (κ2) is 5.44. The Balaban J connectivity index is 2.70. The predicted octanol–water partition coefficient (Wildman–Crippen LogP) is 3.23. The first-order valence-corrected chi connectivity index (χ1v) is 5.14. The van der Waals surface area contributed by atoms with Gasteiger partial charge in [-0.05, 0) is 17.5 Å². The number of hydrogen-bond donors (Lipinski definition) is 0. The molecule has 0 fully saturated rings. The Bertz CT molecular complexity index is 318. The molecule has 0 aliphatic carbocycles. The maximum absolute atomic E-state index is 4.12. The number of aromatic nitrogens is 1. The van der Waals surface area contributed by atoms with Crippen LogP contribution in [0.15, 0.2) is 24.5 Å². The first-order valence-electron chi connectivity index (χ1n) is 5.14. The number of pyridine rings is 1. The van der Waals surface area contributed by atoms with Crippen molar-refractivity contribution >= 4 is 0 Å². The summed E-state index contributed by atoms with van der Waals surface area (Å²) in [6.07, 6.45) is 4.66. The van der Waals surface area contributed by atoms with Crippen LogP contribution < -0.4 is 0 Å². The summed E-state index contributed by atoms with van der Waals surface area (Å²) in [5.74, 6) is 7.24. The van der Waals surface area contributed by atoms with Gasteiger partial charge >= 0.3 is 0 Å². The highest BCUT2D eigenvalue weighted by Crippen LogP contribution is 2.22. The lowest BCUT2D eigenvalue weighted by atomic mass is 9.90. The molecular formula is C13H17N. The molecule has 2 unspecified atom stereocenters. The highest BCUT2D eigenvalue weighted by molar-refractivity contribution is 5.18. The van der Waals surface area contributed by atoms with Crippen LogP contribution in [0.1, 0.15) is 38.7 Å². The Morgan fingerprint density at radius 3 is 2.79 bits per heavy atom. The third-order valence-electron chi connectivity index (χ3n) is 2.47. The highest BCUT2D eigenvalue weighted by atomic mass is 14.6. The van der Waals surface area contributed by atoms with Crippen molar-refractivity contribution in [1.82, 2.24) is 4.98 Å². The molecule has 14 heavy (non-hydrogen) atoms. The topological polar surface area (TPSA) is 12.9 Å². The van der Waals surface area contributed by atoms with E-state index in [0.717, 1.165) is 6.42 Å². The van der Waals surface area contributed by atoms with Gasteiger partial charge in [-0.1, -0.05) is 32.8 Å². The zero-order chi connectivity index (χ0) is 10.4.